The Labute approximate surface area is 152 Å². The Hall–Kier alpha value is -2.48. The number of ether oxygens (including phenoxy) is 1. The minimum absolute atomic E-state index is 0.0223. The Morgan fingerprint density at radius 2 is 2.00 bits per heavy atom. The number of fused-ring (bicyclic) bond motifs is 1. The van der Waals surface area contributed by atoms with E-state index in [9.17, 15) is 4.79 Å². The fourth-order valence-corrected chi connectivity index (χ4v) is 3.61. The van der Waals surface area contributed by atoms with Crippen LogP contribution in [0.3, 0.4) is 0 Å². The molecule has 0 aromatic carbocycles. The van der Waals surface area contributed by atoms with Crippen molar-refractivity contribution in [3.05, 3.63) is 39.9 Å². The molecule has 0 amide bonds. The van der Waals surface area contributed by atoms with Gasteiger partial charge in [-0.2, -0.15) is 10.1 Å². The molecule has 0 bridgehead atoms. The van der Waals surface area contributed by atoms with E-state index < -0.39 is 0 Å². The van der Waals surface area contributed by atoms with Crippen molar-refractivity contribution in [1.29, 1.82) is 0 Å². The van der Waals surface area contributed by atoms with E-state index in [0.29, 0.717) is 18.4 Å². The minimum Gasteiger partial charge on any atom is -0.481 e. The summed E-state index contributed by atoms with van der Waals surface area (Å²) in [5.41, 5.74) is 2.26. The van der Waals surface area contributed by atoms with Gasteiger partial charge < -0.3 is 9.64 Å². The third kappa shape index (κ3) is 3.55. The molecule has 0 radical (unpaired) electrons. The zero-order chi connectivity index (χ0) is 17.9. The van der Waals surface area contributed by atoms with Crippen molar-refractivity contribution in [3.63, 3.8) is 0 Å². The summed E-state index contributed by atoms with van der Waals surface area (Å²) in [5.74, 6) is 1.29. The van der Waals surface area contributed by atoms with Gasteiger partial charge in [0.25, 0.3) is 5.56 Å². The molecule has 4 rings (SSSR count). The van der Waals surface area contributed by atoms with Gasteiger partial charge >= 0.3 is 0 Å². The third-order valence-corrected chi connectivity index (χ3v) is 5.13. The van der Waals surface area contributed by atoms with Crippen LogP contribution in [0.4, 0.5) is 5.95 Å². The molecular weight excluding hydrogens is 332 g/mol. The quantitative estimate of drug-likeness (QED) is 0.765. The summed E-state index contributed by atoms with van der Waals surface area (Å²) in [6.45, 7) is 5.03. The Morgan fingerprint density at radius 3 is 2.81 bits per heavy atom. The molecule has 0 unspecified atom stereocenters. The number of anilines is 1. The highest BCUT2D eigenvalue weighted by Crippen LogP contribution is 2.17. The van der Waals surface area contributed by atoms with Crippen LogP contribution in [-0.2, 0) is 19.4 Å². The second-order valence-corrected chi connectivity index (χ2v) is 6.76. The summed E-state index contributed by atoms with van der Waals surface area (Å²) in [7, 11) is 1.61. The predicted octanol–water partition coefficient (Wildman–Crippen LogP) is 0.353. The van der Waals surface area contributed by atoms with Crippen molar-refractivity contribution < 1.29 is 4.74 Å². The van der Waals surface area contributed by atoms with E-state index in [1.807, 2.05) is 0 Å². The highest BCUT2D eigenvalue weighted by atomic mass is 16.5. The SMILES string of the molecule is COc1ccnc(N2CCN(CCn3nc4c(cc3=O)CCC4)CC2)n1. The molecule has 8 nitrogen and oxygen atoms in total. The zero-order valence-electron chi connectivity index (χ0n) is 15.1. The lowest BCUT2D eigenvalue weighted by molar-refractivity contribution is 0.241. The van der Waals surface area contributed by atoms with Gasteiger partial charge in [-0.3, -0.25) is 9.69 Å². The lowest BCUT2D eigenvalue weighted by atomic mass is 10.2. The van der Waals surface area contributed by atoms with Gasteiger partial charge in [-0.05, 0) is 24.8 Å². The lowest BCUT2D eigenvalue weighted by Crippen LogP contribution is -2.48. The average Bonchev–Trinajstić information content (AvgIpc) is 3.13. The molecule has 2 aromatic rings. The van der Waals surface area contributed by atoms with Crippen LogP contribution in [0.5, 0.6) is 5.88 Å². The standard InChI is InChI=1S/C18H24N6O2/c1-26-16-5-6-19-18(20-16)23-10-7-22(8-11-23)9-12-24-17(25)13-14-3-2-4-15(14)21-24/h5-6,13H,2-4,7-12H2,1H3. The highest BCUT2D eigenvalue weighted by Gasteiger charge is 2.20. The Balaban J connectivity index is 1.32. The van der Waals surface area contributed by atoms with Gasteiger partial charge in [0.05, 0.1) is 19.3 Å². The maximum atomic E-state index is 12.2. The number of rotatable bonds is 5. The van der Waals surface area contributed by atoms with Crippen LogP contribution in [0.15, 0.2) is 23.1 Å². The maximum Gasteiger partial charge on any atom is 0.267 e. The van der Waals surface area contributed by atoms with Crippen molar-refractivity contribution in [3.8, 4) is 5.88 Å². The molecule has 1 saturated heterocycles. The number of aryl methyl sites for hydroxylation is 2. The van der Waals surface area contributed by atoms with Crippen molar-refractivity contribution in [2.45, 2.75) is 25.8 Å². The van der Waals surface area contributed by atoms with Gasteiger partial charge in [0.1, 0.15) is 0 Å². The fourth-order valence-electron chi connectivity index (χ4n) is 3.61. The molecule has 8 heteroatoms. The van der Waals surface area contributed by atoms with Gasteiger partial charge in [0.2, 0.25) is 11.8 Å². The average molecular weight is 356 g/mol. The minimum atomic E-state index is 0.0223. The van der Waals surface area contributed by atoms with E-state index in [2.05, 4.69) is 24.9 Å². The smallest absolute Gasteiger partial charge is 0.267 e. The molecule has 2 aromatic heterocycles. The number of aromatic nitrogens is 4. The van der Waals surface area contributed by atoms with Crippen LogP contribution in [0.1, 0.15) is 17.7 Å². The molecule has 3 heterocycles. The largest absolute Gasteiger partial charge is 0.481 e. The second-order valence-electron chi connectivity index (χ2n) is 6.76. The van der Waals surface area contributed by atoms with Gasteiger partial charge in [0, 0.05) is 51.1 Å². The molecule has 0 saturated carbocycles. The number of nitrogens with zero attached hydrogens (tertiary/aromatic N) is 6. The summed E-state index contributed by atoms with van der Waals surface area (Å²) >= 11 is 0. The van der Waals surface area contributed by atoms with Crippen molar-refractivity contribution >= 4 is 5.95 Å². The molecule has 1 aliphatic heterocycles. The van der Waals surface area contributed by atoms with Crippen molar-refractivity contribution in [2.75, 3.05) is 44.7 Å². The first kappa shape index (κ1) is 17.0. The molecule has 1 aliphatic carbocycles. The molecule has 138 valence electrons. The van der Waals surface area contributed by atoms with Gasteiger partial charge in [-0.25, -0.2) is 9.67 Å². The Kier molecular flexibility index (Phi) is 4.83. The molecule has 2 aliphatic rings. The summed E-state index contributed by atoms with van der Waals surface area (Å²) in [4.78, 5) is 25.5. The number of hydrogen-bond donors (Lipinski definition) is 0. The number of piperazine rings is 1. The van der Waals surface area contributed by atoms with Crippen LogP contribution in [0.25, 0.3) is 0 Å². The van der Waals surface area contributed by atoms with Crippen LogP contribution in [-0.4, -0.2) is 64.5 Å². The molecule has 0 spiro atoms. The topological polar surface area (TPSA) is 76.4 Å². The number of hydrogen-bond acceptors (Lipinski definition) is 7. The summed E-state index contributed by atoms with van der Waals surface area (Å²) in [5, 5.41) is 4.55. The predicted molar refractivity (Wildman–Crippen MR) is 97.8 cm³/mol. The first-order valence-corrected chi connectivity index (χ1v) is 9.17. The Bertz CT molecular complexity index is 829. The highest BCUT2D eigenvalue weighted by molar-refractivity contribution is 5.32. The zero-order valence-corrected chi connectivity index (χ0v) is 15.1. The van der Waals surface area contributed by atoms with Crippen LogP contribution in [0, 0.1) is 0 Å². The van der Waals surface area contributed by atoms with E-state index >= 15 is 0 Å². The fraction of sp³-hybridized carbons (Fsp3) is 0.556. The Morgan fingerprint density at radius 1 is 1.15 bits per heavy atom. The van der Waals surface area contributed by atoms with E-state index in [-0.39, 0.29) is 5.56 Å². The van der Waals surface area contributed by atoms with Gasteiger partial charge in [0.15, 0.2) is 0 Å². The van der Waals surface area contributed by atoms with Gasteiger partial charge in [-0.1, -0.05) is 0 Å². The van der Waals surface area contributed by atoms with E-state index in [0.717, 1.165) is 63.2 Å². The molecule has 26 heavy (non-hydrogen) atoms. The summed E-state index contributed by atoms with van der Waals surface area (Å²) in [6.07, 6.45) is 4.82. The van der Waals surface area contributed by atoms with E-state index in [4.69, 9.17) is 4.74 Å². The van der Waals surface area contributed by atoms with Crippen molar-refractivity contribution in [1.82, 2.24) is 24.6 Å². The van der Waals surface area contributed by atoms with Crippen LogP contribution >= 0.6 is 0 Å². The molecular formula is C18H24N6O2. The monoisotopic (exact) mass is 356 g/mol. The van der Waals surface area contributed by atoms with E-state index in [1.54, 1.807) is 30.1 Å². The first-order chi connectivity index (χ1) is 12.7. The van der Waals surface area contributed by atoms with Crippen LogP contribution < -0.4 is 15.2 Å². The molecule has 0 atom stereocenters. The molecule has 1 fully saturated rings. The van der Waals surface area contributed by atoms with Crippen molar-refractivity contribution in [2.24, 2.45) is 0 Å². The number of methoxy groups -OCH3 is 1. The lowest BCUT2D eigenvalue weighted by Gasteiger charge is -2.34. The molecule has 0 N–H and O–H groups in total. The normalized spacial score (nSPS) is 17.3. The first-order valence-electron chi connectivity index (χ1n) is 9.17. The summed E-state index contributed by atoms with van der Waals surface area (Å²) in [6, 6.07) is 3.52. The maximum absolute atomic E-state index is 12.2. The summed E-state index contributed by atoms with van der Waals surface area (Å²) < 4.78 is 6.80. The second kappa shape index (κ2) is 7.41. The van der Waals surface area contributed by atoms with Crippen LogP contribution in [0.2, 0.25) is 0 Å². The van der Waals surface area contributed by atoms with E-state index in [1.165, 1.54) is 0 Å². The third-order valence-electron chi connectivity index (χ3n) is 5.13. The van der Waals surface area contributed by atoms with Gasteiger partial charge in [-0.15, -0.1) is 0 Å².